The first-order valence-corrected chi connectivity index (χ1v) is 9.28. The molecule has 0 aliphatic carbocycles. The van der Waals surface area contributed by atoms with Crippen LogP contribution in [0.5, 0.6) is 0 Å². The van der Waals surface area contributed by atoms with Gasteiger partial charge in [0.25, 0.3) is 5.91 Å². The molecule has 1 aliphatic heterocycles. The standard InChI is InChI=1S/C21H23N5O/c1-26-14-23-25-20(26)18-4-2-3-5-19(18)21(27)24-17-8-6-15(7-9-17)16-10-12-22-13-11-16/h2-9,14,16,22H,10-13H2,1H3,(H,24,27). The molecule has 1 amide bonds. The third-order valence-electron chi connectivity index (χ3n) is 5.10. The lowest BCUT2D eigenvalue weighted by Gasteiger charge is -2.23. The van der Waals surface area contributed by atoms with Gasteiger partial charge in [-0.25, -0.2) is 0 Å². The van der Waals surface area contributed by atoms with E-state index in [9.17, 15) is 4.79 Å². The monoisotopic (exact) mass is 361 g/mol. The molecule has 1 fully saturated rings. The number of rotatable bonds is 4. The highest BCUT2D eigenvalue weighted by Gasteiger charge is 2.17. The Bertz CT molecular complexity index is 926. The van der Waals surface area contributed by atoms with E-state index in [1.165, 1.54) is 5.56 Å². The van der Waals surface area contributed by atoms with Crippen molar-refractivity contribution in [2.45, 2.75) is 18.8 Å². The van der Waals surface area contributed by atoms with Gasteiger partial charge in [0.2, 0.25) is 0 Å². The number of aromatic nitrogens is 3. The number of nitrogens with zero attached hydrogens (tertiary/aromatic N) is 3. The Morgan fingerprint density at radius 1 is 1.11 bits per heavy atom. The lowest BCUT2D eigenvalue weighted by molar-refractivity contribution is 0.102. The number of nitrogens with one attached hydrogen (secondary N) is 2. The van der Waals surface area contributed by atoms with Gasteiger partial charge in [0, 0.05) is 18.3 Å². The Labute approximate surface area is 158 Å². The van der Waals surface area contributed by atoms with Crippen molar-refractivity contribution in [3.8, 4) is 11.4 Å². The maximum atomic E-state index is 12.9. The summed E-state index contributed by atoms with van der Waals surface area (Å²) in [6.07, 6.45) is 3.96. The smallest absolute Gasteiger partial charge is 0.256 e. The topological polar surface area (TPSA) is 71.8 Å². The molecule has 0 saturated carbocycles. The van der Waals surface area contributed by atoms with E-state index in [0.717, 1.165) is 37.2 Å². The summed E-state index contributed by atoms with van der Waals surface area (Å²) in [7, 11) is 1.86. The molecule has 0 bridgehead atoms. The molecule has 2 heterocycles. The molecule has 4 rings (SSSR count). The van der Waals surface area contributed by atoms with Crippen LogP contribution in [-0.4, -0.2) is 33.8 Å². The molecule has 2 N–H and O–H groups in total. The second-order valence-corrected chi connectivity index (χ2v) is 6.91. The normalized spacial score (nSPS) is 14.9. The summed E-state index contributed by atoms with van der Waals surface area (Å²) in [6.45, 7) is 2.14. The van der Waals surface area contributed by atoms with E-state index in [0.29, 0.717) is 17.3 Å². The van der Waals surface area contributed by atoms with Crippen molar-refractivity contribution in [3.63, 3.8) is 0 Å². The van der Waals surface area contributed by atoms with E-state index >= 15 is 0 Å². The Kier molecular flexibility index (Phi) is 4.98. The van der Waals surface area contributed by atoms with Gasteiger partial charge in [-0.3, -0.25) is 4.79 Å². The number of hydrogen-bond acceptors (Lipinski definition) is 4. The summed E-state index contributed by atoms with van der Waals surface area (Å²) in [6, 6.07) is 15.7. The maximum Gasteiger partial charge on any atom is 0.256 e. The number of anilines is 1. The summed E-state index contributed by atoms with van der Waals surface area (Å²) < 4.78 is 1.81. The minimum atomic E-state index is -0.150. The number of piperidine rings is 1. The third kappa shape index (κ3) is 3.75. The third-order valence-corrected chi connectivity index (χ3v) is 5.10. The molecule has 6 heteroatoms. The Hall–Kier alpha value is -2.99. The van der Waals surface area contributed by atoms with Gasteiger partial charge < -0.3 is 15.2 Å². The molecule has 1 saturated heterocycles. The zero-order valence-corrected chi connectivity index (χ0v) is 15.4. The van der Waals surface area contributed by atoms with Gasteiger partial charge in [0.05, 0.1) is 5.56 Å². The minimum absolute atomic E-state index is 0.150. The number of aryl methyl sites for hydroxylation is 1. The largest absolute Gasteiger partial charge is 0.322 e. The van der Waals surface area contributed by atoms with Crippen LogP contribution >= 0.6 is 0 Å². The van der Waals surface area contributed by atoms with Crippen molar-refractivity contribution in [2.75, 3.05) is 18.4 Å². The van der Waals surface area contributed by atoms with Gasteiger partial charge in [-0.1, -0.05) is 30.3 Å². The lowest BCUT2D eigenvalue weighted by atomic mass is 9.90. The van der Waals surface area contributed by atoms with Crippen LogP contribution in [0.4, 0.5) is 5.69 Å². The molecule has 0 radical (unpaired) electrons. The number of hydrogen-bond donors (Lipinski definition) is 2. The summed E-state index contributed by atoms with van der Waals surface area (Å²) in [5.74, 6) is 1.12. The average Bonchev–Trinajstić information content (AvgIpc) is 3.15. The van der Waals surface area contributed by atoms with Crippen molar-refractivity contribution in [1.29, 1.82) is 0 Å². The number of carbonyl (C=O) groups excluding carboxylic acids is 1. The fourth-order valence-electron chi connectivity index (χ4n) is 3.60. The second-order valence-electron chi connectivity index (χ2n) is 6.91. The first-order chi connectivity index (χ1) is 13.2. The molecule has 1 aliphatic rings. The van der Waals surface area contributed by atoms with E-state index in [4.69, 9.17) is 0 Å². The zero-order valence-electron chi connectivity index (χ0n) is 15.4. The first-order valence-electron chi connectivity index (χ1n) is 9.28. The summed E-state index contributed by atoms with van der Waals surface area (Å²) >= 11 is 0. The molecule has 0 spiro atoms. The Morgan fingerprint density at radius 3 is 2.56 bits per heavy atom. The molecular formula is C21H23N5O. The number of carbonyl (C=O) groups is 1. The van der Waals surface area contributed by atoms with Crippen LogP contribution in [0.3, 0.4) is 0 Å². The van der Waals surface area contributed by atoms with E-state index in [1.807, 2.05) is 43.4 Å². The van der Waals surface area contributed by atoms with Crippen LogP contribution in [0.2, 0.25) is 0 Å². The van der Waals surface area contributed by atoms with Gasteiger partial charge >= 0.3 is 0 Å². The van der Waals surface area contributed by atoms with Gasteiger partial charge in [-0.05, 0) is 55.6 Å². The van der Waals surface area contributed by atoms with Gasteiger partial charge in [0.1, 0.15) is 6.33 Å². The maximum absolute atomic E-state index is 12.9. The lowest BCUT2D eigenvalue weighted by Crippen LogP contribution is -2.26. The predicted octanol–water partition coefficient (Wildman–Crippen LogP) is 3.20. The van der Waals surface area contributed by atoms with E-state index in [-0.39, 0.29) is 5.91 Å². The molecule has 0 atom stereocenters. The van der Waals surface area contributed by atoms with E-state index in [1.54, 1.807) is 10.9 Å². The van der Waals surface area contributed by atoms with Gasteiger partial charge in [-0.15, -0.1) is 10.2 Å². The fraction of sp³-hybridized carbons (Fsp3) is 0.286. The summed E-state index contributed by atoms with van der Waals surface area (Å²) in [5.41, 5.74) is 3.48. The van der Waals surface area contributed by atoms with E-state index < -0.39 is 0 Å². The van der Waals surface area contributed by atoms with E-state index in [2.05, 4.69) is 33.0 Å². The van der Waals surface area contributed by atoms with Crippen molar-refractivity contribution < 1.29 is 4.79 Å². The molecule has 6 nitrogen and oxygen atoms in total. The summed E-state index contributed by atoms with van der Waals surface area (Å²) in [4.78, 5) is 12.9. The van der Waals surface area contributed by atoms with Crippen LogP contribution in [0, 0.1) is 0 Å². The molecule has 138 valence electrons. The predicted molar refractivity (Wildman–Crippen MR) is 106 cm³/mol. The molecule has 0 unspecified atom stereocenters. The van der Waals surface area contributed by atoms with Gasteiger partial charge in [-0.2, -0.15) is 0 Å². The minimum Gasteiger partial charge on any atom is -0.322 e. The molecule has 1 aromatic heterocycles. The number of amides is 1. The van der Waals surface area contributed by atoms with Crippen molar-refractivity contribution in [3.05, 3.63) is 66.0 Å². The highest BCUT2D eigenvalue weighted by atomic mass is 16.1. The Balaban J connectivity index is 1.52. The molecule has 3 aromatic rings. The second kappa shape index (κ2) is 7.72. The van der Waals surface area contributed by atoms with Crippen molar-refractivity contribution >= 4 is 11.6 Å². The molecular weight excluding hydrogens is 338 g/mol. The fourth-order valence-corrected chi connectivity index (χ4v) is 3.60. The van der Waals surface area contributed by atoms with Crippen molar-refractivity contribution in [2.24, 2.45) is 7.05 Å². The highest BCUT2D eigenvalue weighted by molar-refractivity contribution is 6.08. The SMILES string of the molecule is Cn1cnnc1-c1ccccc1C(=O)Nc1ccc(C2CCNCC2)cc1. The molecule has 2 aromatic carbocycles. The quantitative estimate of drug-likeness (QED) is 0.749. The summed E-state index contributed by atoms with van der Waals surface area (Å²) in [5, 5.41) is 14.4. The van der Waals surface area contributed by atoms with Crippen LogP contribution < -0.4 is 10.6 Å². The Morgan fingerprint density at radius 2 is 1.85 bits per heavy atom. The molecule has 27 heavy (non-hydrogen) atoms. The van der Waals surface area contributed by atoms with Crippen LogP contribution in [0.1, 0.15) is 34.7 Å². The van der Waals surface area contributed by atoms with Crippen LogP contribution in [0.25, 0.3) is 11.4 Å². The zero-order chi connectivity index (χ0) is 18.6. The highest BCUT2D eigenvalue weighted by Crippen LogP contribution is 2.27. The first kappa shape index (κ1) is 17.4. The van der Waals surface area contributed by atoms with Crippen molar-refractivity contribution in [1.82, 2.24) is 20.1 Å². The van der Waals surface area contributed by atoms with Crippen LogP contribution in [0.15, 0.2) is 54.9 Å². The van der Waals surface area contributed by atoms with Gasteiger partial charge in [0.15, 0.2) is 5.82 Å². The average molecular weight is 361 g/mol. The number of benzene rings is 2. The van der Waals surface area contributed by atoms with Crippen LogP contribution in [-0.2, 0) is 7.05 Å².